The van der Waals surface area contributed by atoms with Crippen molar-refractivity contribution >= 4 is 34.4 Å². The minimum Gasteiger partial charge on any atom is -0.368 e. The highest BCUT2D eigenvalue weighted by molar-refractivity contribution is 5.98. The van der Waals surface area contributed by atoms with Gasteiger partial charge < -0.3 is 25.4 Å². The quantitative estimate of drug-likeness (QED) is 0.595. The summed E-state index contributed by atoms with van der Waals surface area (Å²) in [5.41, 5.74) is 2.47. The van der Waals surface area contributed by atoms with Gasteiger partial charge in [0.2, 0.25) is 5.95 Å². The third kappa shape index (κ3) is 4.63. The van der Waals surface area contributed by atoms with Crippen molar-refractivity contribution in [1.82, 2.24) is 29.8 Å². The van der Waals surface area contributed by atoms with Gasteiger partial charge in [0.05, 0.1) is 11.9 Å². The van der Waals surface area contributed by atoms with Crippen molar-refractivity contribution in [3.05, 3.63) is 36.3 Å². The number of fused-ring (bicyclic) bond motifs is 1. The summed E-state index contributed by atoms with van der Waals surface area (Å²) in [5.74, 6) is 1.12. The van der Waals surface area contributed by atoms with Crippen molar-refractivity contribution in [1.29, 1.82) is 0 Å². The van der Waals surface area contributed by atoms with Crippen LogP contribution in [0.2, 0.25) is 0 Å². The number of amides is 1. The van der Waals surface area contributed by atoms with Gasteiger partial charge in [-0.15, -0.1) is 0 Å². The van der Waals surface area contributed by atoms with Crippen LogP contribution in [-0.4, -0.2) is 83.8 Å². The zero-order valence-electron chi connectivity index (χ0n) is 20.0. The summed E-state index contributed by atoms with van der Waals surface area (Å²) in [7, 11) is 3.56. The summed E-state index contributed by atoms with van der Waals surface area (Å²) in [6.45, 7) is 5.75. The number of piperazine rings is 1. The van der Waals surface area contributed by atoms with Crippen LogP contribution < -0.4 is 20.5 Å². The van der Waals surface area contributed by atoms with Crippen molar-refractivity contribution in [2.24, 2.45) is 0 Å². The number of nitrogens with one attached hydrogen (secondary N) is 2. The van der Waals surface area contributed by atoms with Crippen LogP contribution >= 0.6 is 0 Å². The zero-order valence-corrected chi connectivity index (χ0v) is 20.0. The number of carbonyl (C=O) groups excluding carboxylic acids is 1. The molecular formula is C24H33N9O. The average Bonchev–Trinajstić information content (AvgIpc) is 3.03. The molecule has 0 bridgehead atoms. The number of pyridine rings is 1. The molecule has 1 amide bonds. The van der Waals surface area contributed by atoms with E-state index in [-0.39, 0.29) is 5.91 Å². The molecule has 5 rings (SSSR count). The Bertz CT molecular complexity index is 1130. The van der Waals surface area contributed by atoms with Crippen molar-refractivity contribution in [3.8, 4) is 0 Å². The van der Waals surface area contributed by atoms with E-state index in [2.05, 4.69) is 36.6 Å². The average molecular weight is 464 g/mol. The van der Waals surface area contributed by atoms with Gasteiger partial charge in [0, 0.05) is 64.9 Å². The molecule has 2 aliphatic heterocycles. The van der Waals surface area contributed by atoms with Crippen LogP contribution in [0.3, 0.4) is 0 Å². The van der Waals surface area contributed by atoms with Gasteiger partial charge in [-0.1, -0.05) is 12.8 Å². The largest absolute Gasteiger partial charge is 0.368 e. The number of carbonyl (C=O) groups is 1. The molecule has 0 radical (unpaired) electrons. The fourth-order valence-electron chi connectivity index (χ4n) is 4.64. The van der Waals surface area contributed by atoms with E-state index in [1.54, 1.807) is 25.2 Å². The van der Waals surface area contributed by atoms with Crippen LogP contribution in [0, 0.1) is 0 Å². The van der Waals surface area contributed by atoms with Crippen molar-refractivity contribution in [2.45, 2.75) is 25.7 Å². The fourth-order valence-corrected chi connectivity index (χ4v) is 4.64. The Morgan fingerprint density at radius 1 is 1.00 bits per heavy atom. The van der Waals surface area contributed by atoms with E-state index in [9.17, 15) is 4.79 Å². The molecule has 10 nitrogen and oxygen atoms in total. The lowest BCUT2D eigenvalue weighted by Gasteiger charge is -2.29. The standard InChI is InChI=1S/C24H33N9O/c1-30(2)23(34)20-15-18-16-27-24(29-22(18)33(20)32-11-5-3-4-6-12-32)28-21-8-7-19(17-26-21)31-13-9-25-10-14-31/h7-8,15-17,25H,3-6,9-14H2,1-2H3,(H,26,27,28,29). The number of hydrogen-bond donors (Lipinski definition) is 2. The minimum atomic E-state index is -0.0399. The lowest BCUT2D eigenvalue weighted by molar-refractivity contribution is 0.0817. The highest BCUT2D eigenvalue weighted by Gasteiger charge is 2.23. The van der Waals surface area contributed by atoms with Crippen molar-refractivity contribution < 1.29 is 4.79 Å². The van der Waals surface area contributed by atoms with E-state index >= 15 is 0 Å². The Hall–Kier alpha value is -3.40. The summed E-state index contributed by atoms with van der Waals surface area (Å²) in [5, 5.41) is 9.71. The molecule has 5 heterocycles. The van der Waals surface area contributed by atoms with Gasteiger partial charge in [-0.2, -0.15) is 4.98 Å². The van der Waals surface area contributed by atoms with Gasteiger partial charge in [0.1, 0.15) is 11.5 Å². The fraction of sp³-hybridized carbons (Fsp3) is 0.500. The molecule has 10 heteroatoms. The number of rotatable bonds is 5. The second-order valence-electron chi connectivity index (χ2n) is 9.15. The van der Waals surface area contributed by atoms with Crippen LogP contribution in [0.4, 0.5) is 17.5 Å². The molecule has 34 heavy (non-hydrogen) atoms. The molecule has 0 spiro atoms. The molecule has 2 N–H and O–H groups in total. The zero-order chi connectivity index (χ0) is 23.5. The van der Waals surface area contributed by atoms with Crippen LogP contribution in [0.15, 0.2) is 30.6 Å². The number of nitrogens with zero attached hydrogens (tertiary/aromatic N) is 7. The number of aromatic nitrogens is 4. The Morgan fingerprint density at radius 2 is 1.76 bits per heavy atom. The van der Waals surface area contributed by atoms with E-state index < -0.39 is 0 Å². The van der Waals surface area contributed by atoms with E-state index in [4.69, 9.17) is 4.98 Å². The molecule has 3 aromatic rings. The summed E-state index contributed by atoms with van der Waals surface area (Å²) in [6.07, 6.45) is 8.30. The van der Waals surface area contributed by atoms with Crippen LogP contribution in [0.5, 0.6) is 0 Å². The van der Waals surface area contributed by atoms with Crippen LogP contribution in [-0.2, 0) is 0 Å². The lowest BCUT2D eigenvalue weighted by Crippen LogP contribution is -2.43. The van der Waals surface area contributed by atoms with Gasteiger partial charge >= 0.3 is 0 Å². The molecule has 2 saturated heterocycles. The number of anilines is 3. The Morgan fingerprint density at radius 3 is 2.44 bits per heavy atom. The predicted octanol–water partition coefficient (Wildman–Crippen LogP) is 2.19. The lowest BCUT2D eigenvalue weighted by atomic mass is 10.2. The molecule has 2 fully saturated rings. The molecular weight excluding hydrogens is 430 g/mol. The Labute approximate surface area is 199 Å². The highest BCUT2D eigenvalue weighted by Crippen LogP contribution is 2.24. The maximum Gasteiger partial charge on any atom is 0.272 e. The summed E-state index contributed by atoms with van der Waals surface area (Å²) < 4.78 is 2.00. The molecule has 180 valence electrons. The third-order valence-electron chi connectivity index (χ3n) is 6.48. The molecule has 0 aromatic carbocycles. The summed E-state index contributed by atoms with van der Waals surface area (Å²) in [4.78, 5) is 30.8. The van der Waals surface area contributed by atoms with Gasteiger partial charge in [-0.3, -0.25) is 4.79 Å². The molecule has 0 saturated carbocycles. The Kier molecular flexibility index (Phi) is 6.48. The maximum atomic E-state index is 13.0. The van der Waals surface area contributed by atoms with Crippen LogP contribution in [0.25, 0.3) is 11.0 Å². The topological polar surface area (TPSA) is 94.5 Å². The molecule has 0 aliphatic carbocycles. The second-order valence-corrected chi connectivity index (χ2v) is 9.15. The SMILES string of the molecule is CN(C)C(=O)c1cc2cnc(Nc3ccc(N4CCNCC4)cn3)nc2n1N1CCCCCC1. The predicted molar refractivity (Wildman–Crippen MR) is 135 cm³/mol. The Balaban J connectivity index is 1.44. The van der Waals surface area contributed by atoms with Crippen molar-refractivity contribution in [2.75, 3.05) is 68.6 Å². The first-order valence-electron chi connectivity index (χ1n) is 12.1. The van der Waals surface area contributed by atoms with Gasteiger partial charge in [-0.05, 0) is 31.0 Å². The van der Waals surface area contributed by atoms with Crippen molar-refractivity contribution in [3.63, 3.8) is 0 Å². The van der Waals surface area contributed by atoms with Gasteiger partial charge in [0.15, 0.2) is 5.65 Å². The first kappa shape index (κ1) is 22.4. The van der Waals surface area contributed by atoms with Crippen LogP contribution in [0.1, 0.15) is 36.2 Å². The van der Waals surface area contributed by atoms with E-state index in [0.29, 0.717) is 17.5 Å². The first-order chi connectivity index (χ1) is 16.6. The highest BCUT2D eigenvalue weighted by atomic mass is 16.2. The third-order valence-corrected chi connectivity index (χ3v) is 6.48. The summed E-state index contributed by atoms with van der Waals surface area (Å²) in [6, 6.07) is 5.93. The van der Waals surface area contributed by atoms with E-state index in [0.717, 1.165) is 68.8 Å². The van der Waals surface area contributed by atoms with Gasteiger partial charge in [0.25, 0.3) is 5.91 Å². The second kappa shape index (κ2) is 9.84. The van der Waals surface area contributed by atoms with Gasteiger partial charge in [-0.25, -0.2) is 14.6 Å². The summed E-state index contributed by atoms with van der Waals surface area (Å²) >= 11 is 0. The first-order valence-corrected chi connectivity index (χ1v) is 12.1. The molecule has 2 aliphatic rings. The smallest absolute Gasteiger partial charge is 0.272 e. The molecule has 0 atom stereocenters. The molecule has 3 aromatic heterocycles. The molecule has 0 unspecified atom stereocenters. The monoisotopic (exact) mass is 463 g/mol. The normalized spacial score (nSPS) is 17.0. The number of hydrogen-bond acceptors (Lipinski definition) is 8. The minimum absolute atomic E-state index is 0.0399. The van der Waals surface area contributed by atoms with E-state index in [1.807, 2.05) is 23.0 Å². The maximum absolute atomic E-state index is 13.0. The van der Waals surface area contributed by atoms with E-state index in [1.165, 1.54) is 12.8 Å².